The Morgan fingerprint density at radius 3 is 2.68 bits per heavy atom. The first-order valence-corrected chi connectivity index (χ1v) is 10.4. The first-order valence-electron chi connectivity index (χ1n) is 9.49. The fourth-order valence-electron chi connectivity index (χ4n) is 3.37. The number of aliphatic hydroxyl groups is 1. The predicted octanol–water partition coefficient (Wildman–Crippen LogP) is 3.66. The molecule has 2 aromatic heterocycles. The summed E-state index contributed by atoms with van der Waals surface area (Å²) in [6.07, 6.45) is 6.49. The second-order valence-corrected chi connectivity index (χ2v) is 7.93. The van der Waals surface area contributed by atoms with Gasteiger partial charge in [-0.3, -0.25) is 9.48 Å². The number of rotatable bonds is 5. The summed E-state index contributed by atoms with van der Waals surface area (Å²) >= 11 is 1.64. The van der Waals surface area contributed by atoms with Crippen LogP contribution in [-0.4, -0.2) is 44.9 Å². The zero-order valence-electron chi connectivity index (χ0n) is 15.6. The number of hydrogen-bond donors (Lipinski definition) is 1. The fraction of sp³-hybridized carbons (Fsp3) is 0.273. The minimum atomic E-state index is -0.283. The molecule has 0 spiro atoms. The number of thiophene rings is 1. The Balaban J connectivity index is 1.55. The van der Waals surface area contributed by atoms with Crippen molar-refractivity contribution in [3.63, 3.8) is 0 Å². The lowest BCUT2D eigenvalue weighted by Crippen LogP contribution is -2.39. The van der Waals surface area contributed by atoms with Gasteiger partial charge in [0.05, 0.1) is 17.5 Å². The van der Waals surface area contributed by atoms with E-state index in [1.165, 1.54) is 5.56 Å². The van der Waals surface area contributed by atoms with Crippen molar-refractivity contribution in [2.24, 2.45) is 0 Å². The van der Waals surface area contributed by atoms with Gasteiger partial charge in [0.15, 0.2) is 0 Å². The van der Waals surface area contributed by atoms with Crippen molar-refractivity contribution in [1.82, 2.24) is 14.7 Å². The smallest absolute Gasteiger partial charge is 0.246 e. The maximum atomic E-state index is 12.5. The minimum Gasteiger partial charge on any atom is -0.393 e. The molecule has 0 atom stereocenters. The van der Waals surface area contributed by atoms with Crippen LogP contribution in [-0.2, 0) is 11.3 Å². The summed E-state index contributed by atoms with van der Waals surface area (Å²) in [6.45, 7) is 1.90. The van der Waals surface area contributed by atoms with E-state index in [0.29, 0.717) is 32.5 Å². The van der Waals surface area contributed by atoms with Crippen molar-refractivity contribution in [3.05, 3.63) is 71.2 Å². The minimum absolute atomic E-state index is 0.0140. The first-order chi connectivity index (χ1) is 13.7. The number of nitrogens with zero attached hydrogens (tertiary/aromatic N) is 3. The maximum absolute atomic E-state index is 12.5. The molecule has 1 saturated heterocycles. The Kier molecular flexibility index (Phi) is 5.69. The normalized spacial score (nSPS) is 15.4. The predicted molar refractivity (Wildman–Crippen MR) is 112 cm³/mol. The number of aliphatic hydroxyl groups excluding tert-OH is 1. The molecule has 1 amide bonds. The standard InChI is InChI=1S/C22H23N3O2S/c26-19-10-12-24(13-11-19)21(27)9-8-18-16-25(15-17-5-2-1-3-6-17)23-22(18)20-7-4-14-28-20/h1-9,14,16,19,26H,10-13,15H2/b9-8+. The van der Waals surface area contributed by atoms with Crippen molar-refractivity contribution in [2.45, 2.75) is 25.5 Å². The SMILES string of the molecule is O=C(/C=C/c1cn(Cc2ccccc2)nc1-c1cccs1)N1CCC(O)CC1. The molecule has 3 heterocycles. The molecule has 144 valence electrons. The summed E-state index contributed by atoms with van der Waals surface area (Å²) in [6, 6.07) is 14.3. The zero-order valence-corrected chi connectivity index (χ0v) is 16.4. The van der Waals surface area contributed by atoms with Crippen LogP contribution in [0.25, 0.3) is 16.6 Å². The van der Waals surface area contributed by atoms with Gasteiger partial charge in [0.25, 0.3) is 0 Å². The van der Waals surface area contributed by atoms with Crippen LogP contribution in [0.1, 0.15) is 24.0 Å². The largest absolute Gasteiger partial charge is 0.393 e. The number of carbonyl (C=O) groups is 1. The molecule has 0 radical (unpaired) electrons. The first kappa shape index (κ1) is 18.7. The molecule has 0 bridgehead atoms. The number of amides is 1. The highest BCUT2D eigenvalue weighted by molar-refractivity contribution is 7.13. The Labute approximate surface area is 168 Å². The van der Waals surface area contributed by atoms with Crippen LogP contribution >= 0.6 is 11.3 Å². The number of carbonyl (C=O) groups excluding carboxylic acids is 1. The molecular weight excluding hydrogens is 370 g/mol. The van der Waals surface area contributed by atoms with Crippen molar-refractivity contribution in [2.75, 3.05) is 13.1 Å². The lowest BCUT2D eigenvalue weighted by molar-refractivity contribution is -0.127. The second-order valence-electron chi connectivity index (χ2n) is 6.98. The van der Waals surface area contributed by atoms with Gasteiger partial charge in [-0.05, 0) is 35.9 Å². The molecule has 6 heteroatoms. The van der Waals surface area contributed by atoms with Crippen LogP contribution < -0.4 is 0 Å². The molecule has 1 aliphatic rings. The van der Waals surface area contributed by atoms with Crippen molar-refractivity contribution >= 4 is 23.3 Å². The number of benzene rings is 1. The van der Waals surface area contributed by atoms with Gasteiger partial charge >= 0.3 is 0 Å². The fourth-order valence-corrected chi connectivity index (χ4v) is 4.10. The maximum Gasteiger partial charge on any atom is 0.246 e. The Morgan fingerprint density at radius 2 is 1.96 bits per heavy atom. The molecule has 1 N–H and O–H groups in total. The van der Waals surface area contributed by atoms with Crippen LogP contribution in [0.15, 0.2) is 60.1 Å². The molecule has 5 nitrogen and oxygen atoms in total. The molecule has 0 aliphatic carbocycles. The summed E-state index contributed by atoms with van der Waals surface area (Å²) < 4.78 is 1.92. The van der Waals surface area contributed by atoms with Crippen LogP contribution in [0, 0.1) is 0 Å². The van der Waals surface area contributed by atoms with E-state index in [4.69, 9.17) is 5.10 Å². The Hall–Kier alpha value is -2.70. The number of aromatic nitrogens is 2. The van der Waals surface area contributed by atoms with Gasteiger partial charge in [0.2, 0.25) is 5.91 Å². The highest BCUT2D eigenvalue weighted by atomic mass is 32.1. The third kappa shape index (κ3) is 4.40. The van der Waals surface area contributed by atoms with Gasteiger partial charge in [-0.2, -0.15) is 5.10 Å². The molecule has 0 saturated carbocycles. The molecular formula is C22H23N3O2S. The van der Waals surface area contributed by atoms with E-state index in [2.05, 4.69) is 12.1 Å². The van der Waals surface area contributed by atoms with Crippen LogP contribution in [0.2, 0.25) is 0 Å². The van der Waals surface area contributed by atoms with Gasteiger partial charge < -0.3 is 10.0 Å². The van der Waals surface area contributed by atoms with Crippen molar-refractivity contribution in [1.29, 1.82) is 0 Å². The van der Waals surface area contributed by atoms with E-state index >= 15 is 0 Å². The lowest BCUT2D eigenvalue weighted by atomic mass is 10.1. The molecule has 3 aromatic rings. The summed E-state index contributed by atoms with van der Waals surface area (Å²) in [5, 5.41) is 16.4. The number of hydrogen-bond acceptors (Lipinski definition) is 4. The highest BCUT2D eigenvalue weighted by Crippen LogP contribution is 2.28. The van der Waals surface area contributed by atoms with Crippen LogP contribution in [0.5, 0.6) is 0 Å². The van der Waals surface area contributed by atoms with Gasteiger partial charge in [-0.25, -0.2) is 0 Å². The summed E-state index contributed by atoms with van der Waals surface area (Å²) in [7, 11) is 0. The average Bonchev–Trinajstić information content (AvgIpc) is 3.37. The van der Waals surface area contributed by atoms with Crippen LogP contribution in [0.3, 0.4) is 0 Å². The molecule has 1 fully saturated rings. The monoisotopic (exact) mass is 393 g/mol. The molecule has 1 aromatic carbocycles. The van der Waals surface area contributed by atoms with Gasteiger partial charge in [0, 0.05) is 30.9 Å². The van der Waals surface area contributed by atoms with Gasteiger partial charge in [-0.1, -0.05) is 36.4 Å². The van der Waals surface area contributed by atoms with Gasteiger partial charge in [-0.15, -0.1) is 11.3 Å². The second kappa shape index (κ2) is 8.54. The van der Waals surface area contributed by atoms with E-state index in [9.17, 15) is 9.90 Å². The molecule has 4 rings (SSSR count). The topological polar surface area (TPSA) is 58.4 Å². The van der Waals surface area contributed by atoms with Crippen molar-refractivity contribution < 1.29 is 9.90 Å². The molecule has 28 heavy (non-hydrogen) atoms. The van der Waals surface area contributed by atoms with Crippen molar-refractivity contribution in [3.8, 4) is 10.6 Å². The molecule has 0 unspecified atom stereocenters. The Morgan fingerprint density at radius 1 is 1.18 bits per heavy atom. The third-order valence-electron chi connectivity index (χ3n) is 4.91. The summed E-state index contributed by atoms with van der Waals surface area (Å²) in [5.41, 5.74) is 3.01. The third-order valence-corrected chi connectivity index (χ3v) is 5.79. The lowest BCUT2D eigenvalue weighted by Gasteiger charge is -2.28. The number of piperidine rings is 1. The van der Waals surface area contributed by atoms with E-state index < -0.39 is 0 Å². The molecule has 1 aliphatic heterocycles. The van der Waals surface area contributed by atoms with E-state index in [1.807, 2.05) is 52.7 Å². The van der Waals surface area contributed by atoms with E-state index in [0.717, 1.165) is 16.1 Å². The summed E-state index contributed by atoms with van der Waals surface area (Å²) in [4.78, 5) is 15.4. The highest BCUT2D eigenvalue weighted by Gasteiger charge is 2.20. The van der Waals surface area contributed by atoms with Gasteiger partial charge in [0.1, 0.15) is 5.69 Å². The quantitative estimate of drug-likeness (QED) is 0.673. The number of likely N-dealkylation sites (tertiary alicyclic amines) is 1. The van der Waals surface area contributed by atoms with E-state index in [1.54, 1.807) is 22.3 Å². The van der Waals surface area contributed by atoms with Crippen LogP contribution in [0.4, 0.5) is 0 Å². The average molecular weight is 394 g/mol. The summed E-state index contributed by atoms with van der Waals surface area (Å²) in [5.74, 6) is -0.0140. The zero-order chi connectivity index (χ0) is 19.3. The Bertz CT molecular complexity index is 940. The van der Waals surface area contributed by atoms with E-state index in [-0.39, 0.29) is 12.0 Å².